The standard InChI is InChI=1S/C15H16FNO4S2/c1-10(18)15-7-13(9-22-15)23(20,21)17(2)8-14(19)11-3-5-12(16)6-4-11/h3-7,9,14,19H,8H2,1-2H3. The smallest absolute Gasteiger partial charge is 0.243 e. The van der Waals surface area contributed by atoms with Gasteiger partial charge >= 0.3 is 0 Å². The summed E-state index contributed by atoms with van der Waals surface area (Å²) >= 11 is 1.06. The van der Waals surface area contributed by atoms with Gasteiger partial charge in [-0.15, -0.1) is 11.3 Å². The number of thiophene rings is 1. The SMILES string of the molecule is CC(=O)c1cc(S(=O)(=O)N(C)CC(O)c2ccc(F)cc2)cs1. The molecule has 1 N–H and O–H groups in total. The van der Waals surface area contributed by atoms with Gasteiger partial charge in [0.15, 0.2) is 5.78 Å². The fraction of sp³-hybridized carbons (Fsp3) is 0.267. The maximum absolute atomic E-state index is 12.9. The highest BCUT2D eigenvalue weighted by molar-refractivity contribution is 7.89. The molecule has 1 aromatic carbocycles. The molecular weight excluding hydrogens is 341 g/mol. The van der Waals surface area contributed by atoms with E-state index in [2.05, 4.69) is 0 Å². The van der Waals surface area contributed by atoms with Crippen LogP contribution in [0.4, 0.5) is 4.39 Å². The third-order valence-electron chi connectivity index (χ3n) is 3.32. The maximum Gasteiger partial charge on any atom is 0.243 e. The van der Waals surface area contributed by atoms with Crippen molar-refractivity contribution in [1.29, 1.82) is 0 Å². The molecule has 1 aromatic heterocycles. The molecule has 0 spiro atoms. The van der Waals surface area contributed by atoms with E-state index in [-0.39, 0.29) is 17.2 Å². The van der Waals surface area contributed by atoms with Crippen LogP contribution in [0.15, 0.2) is 40.6 Å². The minimum atomic E-state index is -3.81. The lowest BCUT2D eigenvalue weighted by atomic mass is 10.1. The number of nitrogens with zero attached hydrogens (tertiary/aromatic N) is 1. The highest BCUT2D eigenvalue weighted by Crippen LogP contribution is 2.24. The van der Waals surface area contributed by atoms with Gasteiger partial charge in [0.2, 0.25) is 10.0 Å². The number of aliphatic hydroxyl groups excluding tert-OH is 1. The van der Waals surface area contributed by atoms with E-state index in [1.165, 1.54) is 49.7 Å². The molecule has 2 aromatic rings. The van der Waals surface area contributed by atoms with Crippen molar-refractivity contribution in [3.8, 4) is 0 Å². The van der Waals surface area contributed by atoms with E-state index in [0.717, 1.165) is 15.6 Å². The molecule has 0 amide bonds. The number of hydrogen-bond donors (Lipinski definition) is 1. The van der Waals surface area contributed by atoms with Crippen molar-refractivity contribution < 1.29 is 22.7 Å². The van der Waals surface area contributed by atoms with Gasteiger partial charge in [-0.3, -0.25) is 4.79 Å². The highest BCUT2D eigenvalue weighted by Gasteiger charge is 2.25. The van der Waals surface area contributed by atoms with E-state index >= 15 is 0 Å². The van der Waals surface area contributed by atoms with Crippen LogP contribution < -0.4 is 0 Å². The average Bonchev–Trinajstić information content (AvgIpc) is 2.98. The number of hydrogen-bond acceptors (Lipinski definition) is 5. The summed E-state index contributed by atoms with van der Waals surface area (Å²) in [6.07, 6.45) is -1.08. The quantitative estimate of drug-likeness (QED) is 0.806. The Balaban J connectivity index is 2.15. The summed E-state index contributed by atoms with van der Waals surface area (Å²) in [4.78, 5) is 11.6. The molecule has 0 aliphatic carbocycles. The lowest BCUT2D eigenvalue weighted by molar-refractivity contribution is 0.102. The molecule has 23 heavy (non-hydrogen) atoms. The highest BCUT2D eigenvalue weighted by atomic mass is 32.2. The summed E-state index contributed by atoms with van der Waals surface area (Å²) < 4.78 is 38.8. The van der Waals surface area contributed by atoms with Crippen molar-refractivity contribution in [2.75, 3.05) is 13.6 Å². The van der Waals surface area contributed by atoms with Crippen molar-refractivity contribution in [3.05, 3.63) is 52.0 Å². The average molecular weight is 357 g/mol. The zero-order chi connectivity index (χ0) is 17.2. The first kappa shape index (κ1) is 17.7. The summed E-state index contributed by atoms with van der Waals surface area (Å²) in [5.74, 6) is -0.637. The number of benzene rings is 1. The zero-order valence-electron chi connectivity index (χ0n) is 12.6. The Kier molecular flexibility index (Phi) is 5.30. The predicted molar refractivity (Wildman–Crippen MR) is 85.5 cm³/mol. The van der Waals surface area contributed by atoms with Gasteiger partial charge in [-0.2, -0.15) is 4.31 Å². The van der Waals surface area contributed by atoms with Gasteiger partial charge in [0, 0.05) is 19.0 Å². The van der Waals surface area contributed by atoms with Crippen LogP contribution in [0.1, 0.15) is 28.3 Å². The van der Waals surface area contributed by atoms with Crippen LogP contribution >= 0.6 is 11.3 Å². The van der Waals surface area contributed by atoms with E-state index in [4.69, 9.17) is 0 Å². The summed E-state index contributed by atoms with van der Waals surface area (Å²) in [5, 5.41) is 11.5. The second-order valence-corrected chi connectivity index (χ2v) is 8.01. The van der Waals surface area contributed by atoms with Gasteiger partial charge in [0.05, 0.1) is 15.9 Å². The number of rotatable bonds is 6. The number of aliphatic hydroxyl groups is 1. The van der Waals surface area contributed by atoms with Gasteiger partial charge in [0.25, 0.3) is 0 Å². The van der Waals surface area contributed by atoms with Crippen molar-refractivity contribution in [2.24, 2.45) is 0 Å². The Hall–Kier alpha value is -1.61. The monoisotopic (exact) mass is 357 g/mol. The number of Topliss-reactive ketones (excluding diaryl/α,β-unsaturated/α-hetero) is 1. The first-order chi connectivity index (χ1) is 10.7. The molecule has 1 heterocycles. The number of likely N-dealkylation sites (N-methyl/N-ethyl adjacent to an activating group) is 1. The third-order valence-corrected chi connectivity index (χ3v) is 6.30. The number of sulfonamides is 1. The normalized spacial score (nSPS) is 13.3. The Morgan fingerprint density at radius 3 is 2.48 bits per heavy atom. The van der Waals surface area contributed by atoms with Crippen LogP contribution in [0.2, 0.25) is 0 Å². The maximum atomic E-state index is 12.9. The van der Waals surface area contributed by atoms with Crippen LogP contribution in [0.3, 0.4) is 0 Å². The van der Waals surface area contributed by atoms with Gasteiger partial charge < -0.3 is 5.11 Å². The number of carbonyl (C=O) groups excluding carboxylic acids is 1. The lowest BCUT2D eigenvalue weighted by Crippen LogP contribution is -2.31. The lowest BCUT2D eigenvalue weighted by Gasteiger charge is -2.20. The van der Waals surface area contributed by atoms with Gasteiger partial charge in [0.1, 0.15) is 5.82 Å². The molecule has 0 aliphatic rings. The summed E-state index contributed by atoms with van der Waals surface area (Å²) in [5.41, 5.74) is 0.420. The second-order valence-electron chi connectivity index (χ2n) is 5.06. The molecule has 0 bridgehead atoms. The molecule has 2 rings (SSSR count). The fourth-order valence-corrected chi connectivity index (χ4v) is 4.29. The third kappa shape index (κ3) is 4.03. The zero-order valence-corrected chi connectivity index (χ0v) is 14.2. The summed E-state index contributed by atoms with van der Waals surface area (Å²) in [6.45, 7) is 1.18. The Labute approximate surface area is 138 Å². The second kappa shape index (κ2) is 6.88. The van der Waals surface area contributed by atoms with Crippen molar-refractivity contribution in [3.63, 3.8) is 0 Å². The number of halogens is 1. The minimum absolute atomic E-state index is 0.0153. The molecule has 0 aliphatic heterocycles. The van der Waals surface area contributed by atoms with E-state index in [9.17, 15) is 22.7 Å². The molecular formula is C15H16FNO4S2. The van der Waals surface area contributed by atoms with Crippen molar-refractivity contribution >= 4 is 27.1 Å². The predicted octanol–water partition coefficient (Wildman–Crippen LogP) is 2.44. The Morgan fingerprint density at radius 1 is 1.35 bits per heavy atom. The molecule has 1 unspecified atom stereocenters. The number of ketones is 1. The van der Waals surface area contributed by atoms with Crippen LogP contribution in [-0.4, -0.2) is 37.2 Å². The first-order valence-electron chi connectivity index (χ1n) is 6.71. The summed E-state index contributed by atoms with van der Waals surface area (Å²) in [7, 11) is -2.46. The molecule has 0 saturated heterocycles. The summed E-state index contributed by atoms with van der Waals surface area (Å²) in [6, 6.07) is 6.52. The van der Waals surface area contributed by atoms with Crippen LogP contribution in [0.25, 0.3) is 0 Å². The molecule has 0 fully saturated rings. The number of carbonyl (C=O) groups is 1. The van der Waals surface area contributed by atoms with Gasteiger partial charge in [-0.25, -0.2) is 12.8 Å². The van der Waals surface area contributed by atoms with Crippen molar-refractivity contribution in [1.82, 2.24) is 4.31 Å². The Bertz CT molecular complexity index is 799. The molecule has 5 nitrogen and oxygen atoms in total. The van der Waals surface area contributed by atoms with Gasteiger partial charge in [-0.05, 0) is 30.7 Å². The van der Waals surface area contributed by atoms with E-state index in [0.29, 0.717) is 10.4 Å². The fourth-order valence-electron chi connectivity index (χ4n) is 1.95. The van der Waals surface area contributed by atoms with E-state index < -0.39 is 21.9 Å². The molecule has 8 heteroatoms. The largest absolute Gasteiger partial charge is 0.387 e. The van der Waals surface area contributed by atoms with Crippen LogP contribution in [-0.2, 0) is 10.0 Å². The minimum Gasteiger partial charge on any atom is -0.387 e. The molecule has 0 saturated carbocycles. The first-order valence-corrected chi connectivity index (χ1v) is 9.03. The molecule has 0 radical (unpaired) electrons. The van der Waals surface area contributed by atoms with Crippen LogP contribution in [0.5, 0.6) is 0 Å². The van der Waals surface area contributed by atoms with E-state index in [1.54, 1.807) is 0 Å². The van der Waals surface area contributed by atoms with Crippen molar-refractivity contribution in [2.45, 2.75) is 17.9 Å². The van der Waals surface area contributed by atoms with E-state index in [1.807, 2.05) is 0 Å². The Morgan fingerprint density at radius 2 is 1.96 bits per heavy atom. The topological polar surface area (TPSA) is 74.7 Å². The molecule has 124 valence electrons. The van der Waals surface area contributed by atoms with Gasteiger partial charge in [-0.1, -0.05) is 12.1 Å². The molecule has 1 atom stereocenters. The van der Waals surface area contributed by atoms with Crippen LogP contribution in [0, 0.1) is 5.82 Å².